The second-order valence-corrected chi connectivity index (χ2v) is 8.57. The van der Waals surface area contributed by atoms with Crippen molar-refractivity contribution in [3.63, 3.8) is 0 Å². The van der Waals surface area contributed by atoms with Crippen LogP contribution in [0.5, 0.6) is 0 Å². The molecule has 0 aromatic heterocycles. The van der Waals surface area contributed by atoms with Crippen LogP contribution in [0.25, 0.3) is 0 Å². The first-order valence-corrected chi connectivity index (χ1v) is 11.2. The number of nitrogens with zero attached hydrogens (tertiary/aromatic N) is 2. The molecule has 0 aliphatic carbocycles. The van der Waals surface area contributed by atoms with Crippen LogP contribution in [-0.4, -0.2) is 36.5 Å². The van der Waals surface area contributed by atoms with Crippen LogP contribution < -0.4 is 10.2 Å². The molecule has 8 nitrogen and oxygen atoms in total. The van der Waals surface area contributed by atoms with Gasteiger partial charge in [-0.05, 0) is 48.6 Å². The van der Waals surface area contributed by atoms with Crippen LogP contribution >= 0.6 is 11.6 Å². The highest BCUT2D eigenvalue weighted by atomic mass is 35.5. The van der Waals surface area contributed by atoms with E-state index in [2.05, 4.69) is 5.32 Å². The van der Waals surface area contributed by atoms with Gasteiger partial charge < -0.3 is 15.0 Å². The number of nitro groups is 1. The molecule has 2 aromatic rings. The Kier molecular flexibility index (Phi) is 9.66. The van der Waals surface area contributed by atoms with Gasteiger partial charge in [-0.2, -0.15) is 0 Å². The second-order valence-electron chi connectivity index (χ2n) is 8.14. The van der Waals surface area contributed by atoms with Crippen molar-refractivity contribution in [3.8, 4) is 0 Å². The van der Waals surface area contributed by atoms with E-state index in [1.165, 1.54) is 25.3 Å². The number of rotatable bonds is 11. The van der Waals surface area contributed by atoms with Crippen molar-refractivity contribution in [3.05, 3.63) is 68.7 Å². The van der Waals surface area contributed by atoms with Gasteiger partial charge in [0.1, 0.15) is 11.7 Å². The standard InChI is InChI=1S/C24H30ClN3O5/c1-5-12-27(20-11-8-18(24(30)33-4)14-21(20)28(31)32)22(13-16(2)3)23(29)26-15-17-6-9-19(25)10-7-17/h6-11,14,16,22H,5,12-13,15H2,1-4H3,(H,26,29). The van der Waals surface area contributed by atoms with E-state index >= 15 is 0 Å². The smallest absolute Gasteiger partial charge is 0.338 e. The van der Waals surface area contributed by atoms with Gasteiger partial charge in [-0.1, -0.05) is 44.5 Å². The number of nitrogens with one attached hydrogen (secondary N) is 1. The third-order valence-corrected chi connectivity index (χ3v) is 5.37. The largest absolute Gasteiger partial charge is 0.465 e. The molecule has 0 fully saturated rings. The summed E-state index contributed by atoms with van der Waals surface area (Å²) in [5, 5.41) is 15.4. The molecule has 1 atom stereocenters. The van der Waals surface area contributed by atoms with E-state index in [1.807, 2.05) is 32.9 Å². The number of ether oxygens (including phenoxy) is 1. The molecule has 2 aromatic carbocycles. The highest BCUT2D eigenvalue weighted by Crippen LogP contribution is 2.32. The number of anilines is 1. The molecule has 178 valence electrons. The summed E-state index contributed by atoms with van der Waals surface area (Å²) in [4.78, 5) is 38.3. The van der Waals surface area contributed by atoms with E-state index in [4.69, 9.17) is 16.3 Å². The molecular weight excluding hydrogens is 446 g/mol. The summed E-state index contributed by atoms with van der Waals surface area (Å²) in [5.74, 6) is -0.714. The molecule has 1 N–H and O–H groups in total. The number of hydrogen-bond donors (Lipinski definition) is 1. The summed E-state index contributed by atoms with van der Waals surface area (Å²) in [6.45, 7) is 6.69. The molecule has 0 aliphatic heterocycles. The van der Waals surface area contributed by atoms with E-state index < -0.39 is 16.9 Å². The lowest BCUT2D eigenvalue weighted by Crippen LogP contribution is -2.48. The fourth-order valence-corrected chi connectivity index (χ4v) is 3.70. The second kappa shape index (κ2) is 12.2. The minimum Gasteiger partial charge on any atom is -0.465 e. The molecule has 33 heavy (non-hydrogen) atoms. The summed E-state index contributed by atoms with van der Waals surface area (Å²) < 4.78 is 4.69. The SMILES string of the molecule is CCCN(c1ccc(C(=O)OC)cc1[N+](=O)[O-])C(CC(C)C)C(=O)NCc1ccc(Cl)cc1. The lowest BCUT2D eigenvalue weighted by Gasteiger charge is -2.33. The Labute approximate surface area is 199 Å². The van der Waals surface area contributed by atoms with E-state index in [0.29, 0.717) is 36.6 Å². The van der Waals surface area contributed by atoms with Gasteiger partial charge in [0.2, 0.25) is 5.91 Å². The Morgan fingerprint density at radius 3 is 2.39 bits per heavy atom. The van der Waals surface area contributed by atoms with Gasteiger partial charge in [-0.3, -0.25) is 14.9 Å². The number of hydrogen-bond acceptors (Lipinski definition) is 6. The zero-order valence-corrected chi connectivity index (χ0v) is 20.1. The molecule has 0 spiro atoms. The van der Waals surface area contributed by atoms with Gasteiger partial charge >= 0.3 is 5.97 Å². The number of carbonyl (C=O) groups is 2. The van der Waals surface area contributed by atoms with Crippen molar-refractivity contribution in [2.24, 2.45) is 5.92 Å². The van der Waals surface area contributed by atoms with Crippen LogP contribution in [0.2, 0.25) is 5.02 Å². The van der Waals surface area contributed by atoms with Gasteiger partial charge in [0.25, 0.3) is 5.69 Å². The molecule has 0 saturated carbocycles. The highest BCUT2D eigenvalue weighted by molar-refractivity contribution is 6.30. The van der Waals surface area contributed by atoms with Crippen LogP contribution in [-0.2, 0) is 16.1 Å². The number of methoxy groups -OCH3 is 1. The minimum atomic E-state index is -0.661. The van der Waals surface area contributed by atoms with Gasteiger partial charge in [0, 0.05) is 24.2 Å². The van der Waals surface area contributed by atoms with Crippen LogP contribution in [0.1, 0.15) is 49.5 Å². The van der Waals surface area contributed by atoms with E-state index in [1.54, 1.807) is 17.0 Å². The first-order chi connectivity index (χ1) is 15.7. The third-order valence-electron chi connectivity index (χ3n) is 5.12. The zero-order chi connectivity index (χ0) is 24.5. The van der Waals surface area contributed by atoms with Crippen molar-refractivity contribution in [1.82, 2.24) is 5.32 Å². The van der Waals surface area contributed by atoms with Crippen molar-refractivity contribution in [1.29, 1.82) is 0 Å². The van der Waals surface area contributed by atoms with E-state index in [0.717, 1.165) is 5.56 Å². The number of benzene rings is 2. The average molecular weight is 476 g/mol. The molecule has 9 heteroatoms. The van der Waals surface area contributed by atoms with Gasteiger partial charge in [0.05, 0.1) is 17.6 Å². The molecule has 0 bridgehead atoms. The molecule has 0 aliphatic rings. The molecule has 1 amide bonds. The summed E-state index contributed by atoms with van der Waals surface area (Å²) >= 11 is 5.93. The molecule has 0 heterocycles. The van der Waals surface area contributed by atoms with Gasteiger partial charge in [-0.25, -0.2) is 4.79 Å². The first-order valence-electron chi connectivity index (χ1n) is 10.8. The molecule has 1 unspecified atom stereocenters. The summed E-state index contributed by atoms with van der Waals surface area (Å²) in [7, 11) is 1.22. The number of amides is 1. The predicted molar refractivity (Wildman–Crippen MR) is 129 cm³/mol. The van der Waals surface area contributed by atoms with Crippen LogP contribution in [0.4, 0.5) is 11.4 Å². The summed E-state index contributed by atoms with van der Waals surface area (Å²) in [6.07, 6.45) is 1.18. The summed E-state index contributed by atoms with van der Waals surface area (Å²) in [6, 6.07) is 10.7. The summed E-state index contributed by atoms with van der Waals surface area (Å²) in [5.41, 5.74) is 1.02. The fraction of sp³-hybridized carbons (Fsp3) is 0.417. The van der Waals surface area contributed by atoms with Gasteiger partial charge in [-0.15, -0.1) is 0 Å². The van der Waals surface area contributed by atoms with Crippen molar-refractivity contribution >= 4 is 34.9 Å². The molecular formula is C24H30ClN3O5. The maximum absolute atomic E-state index is 13.3. The van der Waals surface area contributed by atoms with Crippen molar-refractivity contribution < 1.29 is 19.2 Å². The van der Waals surface area contributed by atoms with Crippen molar-refractivity contribution in [2.45, 2.75) is 46.2 Å². The number of halogens is 1. The lowest BCUT2D eigenvalue weighted by molar-refractivity contribution is -0.384. The third kappa shape index (κ3) is 7.18. The van der Waals surface area contributed by atoms with Gasteiger partial charge in [0.15, 0.2) is 0 Å². The maximum atomic E-state index is 13.3. The van der Waals surface area contributed by atoms with Crippen LogP contribution in [0.15, 0.2) is 42.5 Å². The zero-order valence-electron chi connectivity index (χ0n) is 19.3. The Morgan fingerprint density at radius 2 is 1.85 bits per heavy atom. The molecule has 0 saturated heterocycles. The maximum Gasteiger partial charge on any atom is 0.338 e. The van der Waals surface area contributed by atoms with E-state index in [9.17, 15) is 19.7 Å². The quantitative estimate of drug-likeness (QED) is 0.279. The van der Waals surface area contributed by atoms with Crippen molar-refractivity contribution in [2.75, 3.05) is 18.6 Å². The van der Waals surface area contributed by atoms with E-state index in [-0.39, 0.29) is 23.1 Å². The first kappa shape index (κ1) is 26.1. The lowest BCUT2D eigenvalue weighted by atomic mass is 9.99. The van der Waals surface area contributed by atoms with Crippen LogP contribution in [0, 0.1) is 16.0 Å². The number of carbonyl (C=O) groups excluding carboxylic acids is 2. The Hall–Kier alpha value is -3.13. The average Bonchev–Trinajstić information content (AvgIpc) is 2.79. The Balaban J connectivity index is 2.41. The monoisotopic (exact) mass is 475 g/mol. The highest BCUT2D eigenvalue weighted by Gasteiger charge is 2.31. The number of esters is 1. The molecule has 0 radical (unpaired) electrons. The fourth-order valence-electron chi connectivity index (χ4n) is 3.57. The van der Waals surface area contributed by atoms with Crippen LogP contribution in [0.3, 0.4) is 0 Å². The normalized spacial score (nSPS) is 11.7. The molecule has 2 rings (SSSR count). The Bertz CT molecular complexity index is 979. The topological polar surface area (TPSA) is 102 Å². The predicted octanol–water partition coefficient (Wildman–Crippen LogP) is 4.98. The number of nitro benzene ring substituents is 1. The Morgan fingerprint density at radius 1 is 1.18 bits per heavy atom. The minimum absolute atomic E-state index is 0.0806.